The number of nitrogens with one attached hydrogen (secondary N) is 1. The Hall–Kier alpha value is -2.40. The Kier molecular flexibility index (Phi) is 3.35. The van der Waals surface area contributed by atoms with Gasteiger partial charge in [-0.15, -0.1) is 0 Å². The summed E-state index contributed by atoms with van der Waals surface area (Å²) in [5.74, 6) is 2.10. The fourth-order valence-corrected chi connectivity index (χ4v) is 4.02. The Labute approximate surface area is 141 Å². The summed E-state index contributed by atoms with van der Waals surface area (Å²) >= 11 is 0. The number of anilines is 1. The van der Waals surface area contributed by atoms with E-state index in [1.807, 2.05) is 30.3 Å². The van der Waals surface area contributed by atoms with Gasteiger partial charge < -0.3 is 24.6 Å². The second-order valence-corrected chi connectivity index (χ2v) is 6.43. The number of methoxy groups -OCH3 is 3. The van der Waals surface area contributed by atoms with Crippen LogP contribution in [0.4, 0.5) is 5.69 Å². The predicted octanol–water partition coefficient (Wildman–Crippen LogP) is 2.56. The van der Waals surface area contributed by atoms with Crippen molar-refractivity contribution in [2.45, 2.75) is 17.9 Å². The van der Waals surface area contributed by atoms with Crippen molar-refractivity contribution in [3.63, 3.8) is 0 Å². The molecule has 0 unspecified atom stereocenters. The molecule has 1 aliphatic heterocycles. The summed E-state index contributed by atoms with van der Waals surface area (Å²) in [6, 6.07) is 9.92. The molecule has 5 heteroatoms. The fraction of sp³-hybridized carbons (Fsp3) is 0.368. The standard InChI is InChI=1S/C19H21NO4/c1-22-12-4-5-13-15(7-12)20-10-19(21)9-11-6-16(23-2)17(24-3)8-14(11)18(13)19/h4-8,18,20-21H,9-10H2,1-3H3/t18-,19+/m0/s1. The molecule has 4 rings (SSSR count). The Bertz CT molecular complexity index is 804. The van der Waals surface area contributed by atoms with Crippen molar-refractivity contribution < 1.29 is 19.3 Å². The summed E-state index contributed by atoms with van der Waals surface area (Å²) in [6.45, 7) is 0.497. The van der Waals surface area contributed by atoms with Gasteiger partial charge in [0.05, 0.1) is 26.9 Å². The predicted molar refractivity (Wildman–Crippen MR) is 91.5 cm³/mol. The first kappa shape index (κ1) is 15.1. The minimum Gasteiger partial charge on any atom is -0.497 e. The molecule has 1 heterocycles. The van der Waals surface area contributed by atoms with Gasteiger partial charge in [-0.3, -0.25) is 0 Å². The average molecular weight is 327 g/mol. The molecule has 0 fully saturated rings. The van der Waals surface area contributed by atoms with E-state index in [2.05, 4.69) is 5.32 Å². The average Bonchev–Trinajstić information content (AvgIpc) is 2.91. The first-order valence-corrected chi connectivity index (χ1v) is 7.98. The Balaban J connectivity index is 1.88. The molecule has 5 nitrogen and oxygen atoms in total. The Morgan fingerprint density at radius 2 is 1.75 bits per heavy atom. The maximum atomic E-state index is 11.3. The number of ether oxygens (including phenoxy) is 3. The fourth-order valence-electron chi connectivity index (χ4n) is 4.02. The summed E-state index contributed by atoms with van der Waals surface area (Å²) < 4.78 is 16.2. The molecule has 0 radical (unpaired) electrons. The zero-order valence-corrected chi connectivity index (χ0v) is 14.1. The third kappa shape index (κ3) is 2.04. The third-order valence-corrected chi connectivity index (χ3v) is 5.15. The highest BCUT2D eigenvalue weighted by atomic mass is 16.5. The lowest BCUT2D eigenvalue weighted by Crippen LogP contribution is -2.45. The normalized spacial score (nSPS) is 23.6. The van der Waals surface area contributed by atoms with Gasteiger partial charge in [-0.1, -0.05) is 6.07 Å². The molecule has 0 amide bonds. The molecule has 2 aromatic carbocycles. The summed E-state index contributed by atoms with van der Waals surface area (Å²) in [7, 11) is 4.92. The molecule has 24 heavy (non-hydrogen) atoms. The quantitative estimate of drug-likeness (QED) is 0.907. The highest BCUT2D eigenvalue weighted by Gasteiger charge is 2.49. The summed E-state index contributed by atoms with van der Waals surface area (Å²) in [6.07, 6.45) is 0.589. The van der Waals surface area contributed by atoms with Crippen molar-refractivity contribution in [2.75, 3.05) is 33.2 Å². The molecule has 0 saturated heterocycles. The van der Waals surface area contributed by atoms with Crippen molar-refractivity contribution in [2.24, 2.45) is 0 Å². The van der Waals surface area contributed by atoms with Crippen LogP contribution in [-0.4, -0.2) is 38.6 Å². The lowest BCUT2D eigenvalue weighted by Gasteiger charge is -2.37. The van der Waals surface area contributed by atoms with E-state index >= 15 is 0 Å². The topological polar surface area (TPSA) is 60.0 Å². The maximum absolute atomic E-state index is 11.3. The largest absolute Gasteiger partial charge is 0.497 e. The van der Waals surface area contributed by atoms with Crippen LogP contribution in [0, 0.1) is 0 Å². The molecule has 2 aliphatic rings. The molecule has 0 spiro atoms. The van der Waals surface area contributed by atoms with Gasteiger partial charge in [0.25, 0.3) is 0 Å². The number of aliphatic hydroxyl groups is 1. The first-order valence-electron chi connectivity index (χ1n) is 7.98. The first-order chi connectivity index (χ1) is 11.6. The van der Waals surface area contributed by atoms with Crippen molar-refractivity contribution in [3.8, 4) is 17.2 Å². The number of hydrogen-bond acceptors (Lipinski definition) is 5. The molecular weight excluding hydrogens is 306 g/mol. The molecule has 2 atom stereocenters. The van der Waals surface area contributed by atoms with E-state index in [0.717, 1.165) is 28.1 Å². The smallest absolute Gasteiger partial charge is 0.161 e. The van der Waals surface area contributed by atoms with Crippen LogP contribution < -0.4 is 19.5 Å². The van der Waals surface area contributed by atoms with E-state index in [0.29, 0.717) is 24.5 Å². The van der Waals surface area contributed by atoms with Crippen molar-refractivity contribution >= 4 is 5.69 Å². The minimum atomic E-state index is -0.846. The second kappa shape index (κ2) is 5.31. The third-order valence-electron chi connectivity index (χ3n) is 5.15. The number of rotatable bonds is 3. The van der Waals surface area contributed by atoms with Gasteiger partial charge in [-0.25, -0.2) is 0 Å². The van der Waals surface area contributed by atoms with Crippen molar-refractivity contribution in [1.82, 2.24) is 0 Å². The van der Waals surface area contributed by atoms with Crippen LogP contribution in [0.2, 0.25) is 0 Å². The number of fused-ring (bicyclic) bond motifs is 5. The molecule has 2 N–H and O–H groups in total. The van der Waals surface area contributed by atoms with Crippen molar-refractivity contribution in [3.05, 3.63) is 47.0 Å². The number of hydrogen-bond donors (Lipinski definition) is 2. The zero-order chi connectivity index (χ0) is 16.9. The highest BCUT2D eigenvalue weighted by molar-refractivity contribution is 5.66. The van der Waals surface area contributed by atoms with Crippen LogP contribution in [0.5, 0.6) is 17.2 Å². The molecule has 1 aliphatic carbocycles. The molecule has 0 saturated carbocycles. The lowest BCUT2D eigenvalue weighted by molar-refractivity contribution is 0.0454. The molecule has 126 valence electrons. The molecular formula is C19H21NO4. The van der Waals surface area contributed by atoms with E-state index in [1.54, 1.807) is 21.3 Å². The molecule has 0 bridgehead atoms. The van der Waals surface area contributed by atoms with Gasteiger partial charge in [0.1, 0.15) is 5.75 Å². The van der Waals surface area contributed by atoms with Gasteiger partial charge in [0.15, 0.2) is 11.5 Å². The number of benzene rings is 2. The van der Waals surface area contributed by atoms with Gasteiger partial charge in [0.2, 0.25) is 0 Å². The SMILES string of the molecule is COc1ccc2c(c1)NC[C@]1(O)Cc3cc(OC)c(OC)cc3[C@H]21. The highest BCUT2D eigenvalue weighted by Crippen LogP contribution is 2.52. The van der Waals surface area contributed by atoms with E-state index in [1.165, 1.54) is 0 Å². The van der Waals surface area contributed by atoms with Crippen LogP contribution in [0.15, 0.2) is 30.3 Å². The zero-order valence-electron chi connectivity index (χ0n) is 14.1. The summed E-state index contributed by atoms with van der Waals surface area (Å²) in [5, 5.41) is 14.6. The van der Waals surface area contributed by atoms with Crippen LogP contribution in [-0.2, 0) is 6.42 Å². The van der Waals surface area contributed by atoms with Gasteiger partial charge in [0, 0.05) is 30.6 Å². The molecule has 2 aromatic rings. The van der Waals surface area contributed by atoms with Crippen LogP contribution in [0.3, 0.4) is 0 Å². The summed E-state index contributed by atoms with van der Waals surface area (Å²) in [5.41, 5.74) is 3.44. The maximum Gasteiger partial charge on any atom is 0.161 e. The number of β-amino-alcohol motifs (C(OH)–C–C–N with tert-alkyl or cyclic N) is 1. The Morgan fingerprint density at radius 1 is 1.00 bits per heavy atom. The Morgan fingerprint density at radius 3 is 2.46 bits per heavy atom. The van der Waals surface area contributed by atoms with Gasteiger partial charge >= 0.3 is 0 Å². The van der Waals surface area contributed by atoms with Gasteiger partial charge in [-0.05, 0) is 34.9 Å². The van der Waals surface area contributed by atoms with Crippen LogP contribution in [0.25, 0.3) is 0 Å². The van der Waals surface area contributed by atoms with E-state index in [4.69, 9.17) is 14.2 Å². The molecule has 0 aromatic heterocycles. The van der Waals surface area contributed by atoms with Crippen LogP contribution >= 0.6 is 0 Å². The van der Waals surface area contributed by atoms with Crippen molar-refractivity contribution in [1.29, 1.82) is 0 Å². The second-order valence-electron chi connectivity index (χ2n) is 6.43. The summed E-state index contributed by atoms with van der Waals surface area (Å²) in [4.78, 5) is 0. The van der Waals surface area contributed by atoms with E-state index in [9.17, 15) is 5.11 Å². The van der Waals surface area contributed by atoms with E-state index in [-0.39, 0.29) is 5.92 Å². The van der Waals surface area contributed by atoms with Crippen LogP contribution in [0.1, 0.15) is 22.6 Å². The van der Waals surface area contributed by atoms with Gasteiger partial charge in [-0.2, -0.15) is 0 Å². The monoisotopic (exact) mass is 327 g/mol. The lowest BCUT2D eigenvalue weighted by atomic mass is 9.79. The minimum absolute atomic E-state index is 0.0885. The van der Waals surface area contributed by atoms with E-state index < -0.39 is 5.60 Å².